The standard InChI is InChI=1S/C20H28N4O4/c1-12-15(13(2)21-19-18(12)20(28)22-23(19)3)7-8-16(25)24-10-4-5-14(11-24)6-9-17(26)27/h14H,4-11H2,1-3H3,(H,22,28)(H,26,27). The Bertz CT molecular complexity index is 959. The highest BCUT2D eigenvalue weighted by atomic mass is 16.4. The van der Waals surface area contributed by atoms with Crippen molar-refractivity contribution in [2.24, 2.45) is 13.0 Å². The van der Waals surface area contributed by atoms with Crippen LogP contribution in [0.4, 0.5) is 0 Å². The molecule has 0 bridgehead atoms. The molecule has 0 spiro atoms. The van der Waals surface area contributed by atoms with Gasteiger partial charge in [-0.15, -0.1) is 0 Å². The molecule has 28 heavy (non-hydrogen) atoms. The molecule has 8 nitrogen and oxygen atoms in total. The van der Waals surface area contributed by atoms with Crippen LogP contribution in [-0.2, 0) is 23.1 Å². The summed E-state index contributed by atoms with van der Waals surface area (Å²) >= 11 is 0. The van der Waals surface area contributed by atoms with Crippen molar-refractivity contribution >= 4 is 22.9 Å². The molecule has 1 unspecified atom stereocenters. The Morgan fingerprint density at radius 2 is 2.04 bits per heavy atom. The Kier molecular flexibility index (Phi) is 5.86. The van der Waals surface area contributed by atoms with E-state index in [2.05, 4.69) is 10.1 Å². The lowest BCUT2D eigenvalue weighted by Crippen LogP contribution is -2.40. The van der Waals surface area contributed by atoms with E-state index in [1.807, 2.05) is 18.7 Å². The molecule has 0 saturated carbocycles. The Morgan fingerprint density at radius 1 is 1.29 bits per heavy atom. The number of piperidine rings is 1. The summed E-state index contributed by atoms with van der Waals surface area (Å²) in [6.45, 7) is 5.19. The number of hydrogen-bond donors (Lipinski definition) is 2. The molecule has 3 heterocycles. The molecule has 1 aliphatic heterocycles. The van der Waals surface area contributed by atoms with Crippen molar-refractivity contribution in [3.05, 3.63) is 27.2 Å². The van der Waals surface area contributed by atoms with E-state index in [0.29, 0.717) is 36.8 Å². The fourth-order valence-electron chi connectivity index (χ4n) is 4.26. The zero-order chi connectivity index (χ0) is 20.4. The first-order chi connectivity index (χ1) is 13.3. The number of carboxylic acids is 1. The smallest absolute Gasteiger partial charge is 0.303 e. The number of nitrogens with one attached hydrogen (secondary N) is 1. The van der Waals surface area contributed by atoms with Gasteiger partial charge in [-0.3, -0.25) is 24.2 Å². The number of likely N-dealkylation sites (tertiary alicyclic amines) is 1. The number of carbonyl (C=O) groups excluding carboxylic acids is 1. The quantitative estimate of drug-likeness (QED) is 0.786. The number of carboxylic acid groups (broad SMARTS) is 1. The molecule has 1 amide bonds. The average Bonchev–Trinajstić information content (AvgIpc) is 2.93. The predicted octanol–water partition coefficient (Wildman–Crippen LogP) is 1.91. The molecule has 0 aromatic carbocycles. The van der Waals surface area contributed by atoms with Gasteiger partial charge in [0, 0.05) is 38.7 Å². The summed E-state index contributed by atoms with van der Waals surface area (Å²) in [4.78, 5) is 42.1. The topological polar surface area (TPSA) is 108 Å². The van der Waals surface area contributed by atoms with E-state index in [4.69, 9.17) is 5.11 Å². The van der Waals surface area contributed by atoms with Gasteiger partial charge in [0.2, 0.25) is 5.91 Å². The van der Waals surface area contributed by atoms with Crippen LogP contribution in [-0.4, -0.2) is 49.7 Å². The number of hydrogen-bond acceptors (Lipinski definition) is 4. The minimum atomic E-state index is -0.784. The largest absolute Gasteiger partial charge is 0.481 e. The van der Waals surface area contributed by atoms with Crippen LogP contribution < -0.4 is 5.56 Å². The van der Waals surface area contributed by atoms with Gasteiger partial charge >= 0.3 is 5.97 Å². The van der Waals surface area contributed by atoms with Gasteiger partial charge in [-0.05, 0) is 56.6 Å². The summed E-state index contributed by atoms with van der Waals surface area (Å²) in [5.41, 5.74) is 3.15. The number of amides is 1. The van der Waals surface area contributed by atoms with Crippen molar-refractivity contribution in [1.82, 2.24) is 19.7 Å². The van der Waals surface area contributed by atoms with E-state index in [9.17, 15) is 14.4 Å². The lowest BCUT2D eigenvalue weighted by Gasteiger charge is -2.32. The molecule has 0 aliphatic carbocycles. The maximum Gasteiger partial charge on any atom is 0.303 e. The number of H-pyrrole nitrogens is 1. The number of aromatic amines is 1. The van der Waals surface area contributed by atoms with Crippen LogP contribution in [0.25, 0.3) is 11.0 Å². The Balaban J connectivity index is 1.68. The number of rotatable bonds is 6. The summed E-state index contributed by atoms with van der Waals surface area (Å²) in [5.74, 6) is -0.438. The van der Waals surface area contributed by atoms with Crippen LogP contribution in [0.15, 0.2) is 4.79 Å². The third-order valence-corrected chi connectivity index (χ3v) is 5.80. The van der Waals surface area contributed by atoms with E-state index in [1.165, 1.54) is 0 Å². The van der Waals surface area contributed by atoms with Gasteiger partial charge < -0.3 is 10.0 Å². The van der Waals surface area contributed by atoms with Crippen molar-refractivity contribution in [2.45, 2.75) is 52.4 Å². The lowest BCUT2D eigenvalue weighted by atomic mass is 9.93. The second-order valence-corrected chi connectivity index (χ2v) is 7.78. The monoisotopic (exact) mass is 388 g/mol. The van der Waals surface area contributed by atoms with E-state index >= 15 is 0 Å². The second-order valence-electron chi connectivity index (χ2n) is 7.78. The molecular formula is C20H28N4O4. The zero-order valence-electron chi connectivity index (χ0n) is 16.7. The van der Waals surface area contributed by atoms with Crippen molar-refractivity contribution in [3.63, 3.8) is 0 Å². The molecule has 152 valence electrons. The zero-order valence-corrected chi connectivity index (χ0v) is 16.7. The fourth-order valence-corrected chi connectivity index (χ4v) is 4.26. The SMILES string of the molecule is Cc1nc2c(c(C)c1CCC(=O)N1CCCC(CCC(=O)O)C1)c(=O)[nH]n2C. The molecule has 0 radical (unpaired) electrons. The lowest BCUT2D eigenvalue weighted by molar-refractivity contribution is -0.137. The van der Waals surface area contributed by atoms with Crippen molar-refractivity contribution in [1.29, 1.82) is 0 Å². The number of pyridine rings is 1. The average molecular weight is 388 g/mol. The molecule has 2 aromatic rings. The highest BCUT2D eigenvalue weighted by Crippen LogP contribution is 2.24. The third-order valence-electron chi connectivity index (χ3n) is 5.80. The summed E-state index contributed by atoms with van der Waals surface area (Å²) in [6, 6.07) is 0. The van der Waals surface area contributed by atoms with Gasteiger partial charge in [0.15, 0.2) is 5.65 Å². The van der Waals surface area contributed by atoms with E-state index in [-0.39, 0.29) is 23.8 Å². The Morgan fingerprint density at radius 3 is 2.75 bits per heavy atom. The molecule has 1 atom stereocenters. The summed E-state index contributed by atoms with van der Waals surface area (Å²) in [6.07, 6.45) is 3.58. The van der Waals surface area contributed by atoms with Crippen molar-refractivity contribution < 1.29 is 14.7 Å². The van der Waals surface area contributed by atoms with E-state index < -0.39 is 5.97 Å². The van der Waals surface area contributed by atoms with Gasteiger partial charge in [-0.2, -0.15) is 0 Å². The number of nitrogens with zero attached hydrogens (tertiary/aromatic N) is 3. The maximum atomic E-state index is 12.7. The molecule has 1 fully saturated rings. The van der Waals surface area contributed by atoms with Gasteiger partial charge in [0.1, 0.15) is 0 Å². The first-order valence-corrected chi connectivity index (χ1v) is 9.82. The number of carbonyl (C=O) groups is 2. The Labute approximate surface area is 163 Å². The molecule has 8 heteroatoms. The second kappa shape index (κ2) is 8.16. The molecule has 3 rings (SSSR count). The summed E-state index contributed by atoms with van der Waals surface area (Å²) < 4.78 is 1.62. The minimum absolute atomic E-state index is 0.0842. The van der Waals surface area contributed by atoms with Crippen molar-refractivity contribution in [3.8, 4) is 0 Å². The van der Waals surface area contributed by atoms with Gasteiger partial charge in [-0.25, -0.2) is 4.98 Å². The highest BCUT2D eigenvalue weighted by Gasteiger charge is 2.24. The highest BCUT2D eigenvalue weighted by molar-refractivity contribution is 5.81. The normalized spacial score (nSPS) is 17.2. The number of aromatic nitrogens is 3. The molecule has 1 saturated heterocycles. The molecule has 1 aliphatic rings. The minimum Gasteiger partial charge on any atom is -0.481 e. The fraction of sp³-hybridized carbons (Fsp3) is 0.600. The van der Waals surface area contributed by atoms with Crippen LogP contribution in [0.1, 0.15) is 48.9 Å². The number of aliphatic carboxylic acids is 1. The van der Waals surface area contributed by atoms with E-state index in [1.54, 1.807) is 11.7 Å². The van der Waals surface area contributed by atoms with E-state index in [0.717, 1.165) is 36.2 Å². The number of fused-ring (bicyclic) bond motifs is 1. The van der Waals surface area contributed by atoms with Gasteiger partial charge in [0.05, 0.1) is 5.39 Å². The van der Waals surface area contributed by atoms with Crippen molar-refractivity contribution in [2.75, 3.05) is 13.1 Å². The van der Waals surface area contributed by atoms with Gasteiger partial charge in [-0.1, -0.05) is 0 Å². The predicted molar refractivity (Wildman–Crippen MR) is 105 cm³/mol. The van der Waals surface area contributed by atoms with Crippen LogP contribution in [0, 0.1) is 19.8 Å². The molecule has 2 aromatic heterocycles. The first kappa shape index (κ1) is 20.1. The van der Waals surface area contributed by atoms with Crippen LogP contribution >= 0.6 is 0 Å². The van der Waals surface area contributed by atoms with Gasteiger partial charge in [0.25, 0.3) is 5.56 Å². The van der Waals surface area contributed by atoms with Crippen LogP contribution in [0.2, 0.25) is 0 Å². The van der Waals surface area contributed by atoms with Crippen LogP contribution in [0.5, 0.6) is 0 Å². The third kappa shape index (κ3) is 4.10. The van der Waals surface area contributed by atoms with Crippen LogP contribution in [0.3, 0.4) is 0 Å². The first-order valence-electron chi connectivity index (χ1n) is 9.82. The maximum absolute atomic E-state index is 12.7. The Hall–Kier alpha value is -2.64. The number of aryl methyl sites for hydroxylation is 3. The molecule has 2 N–H and O–H groups in total. The summed E-state index contributed by atoms with van der Waals surface area (Å²) in [5, 5.41) is 12.2. The summed E-state index contributed by atoms with van der Waals surface area (Å²) in [7, 11) is 1.76. The molecular weight excluding hydrogens is 360 g/mol.